The molecule has 2 aromatic rings. The van der Waals surface area contributed by atoms with E-state index in [4.69, 9.17) is 4.74 Å². The van der Waals surface area contributed by atoms with E-state index in [2.05, 4.69) is 70.0 Å². The third-order valence-corrected chi connectivity index (χ3v) is 4.00. The molecule has 1 aromatic heterocycles. The molecule has 1 heterocycles. The lowest BCUT2D eigenvalue weighted by Gasteiger charge is -2.10. The second-order valence-corrected chi connectivity index (χ2v) is 6.57. The zero-order valence-corrected chi connectivity index (χ0v) is 15.4. The van der Waals surface area contributed by atoms with Crippen molar-refractivity contribution < 1.29 is 4.74 Å². The Morgan fingerprint density at radius 1 is 1.20 bits per heavy atom. The zero-order valence-electron chi connectivity index (χ0n) is 10.7. The zero-order chi connectivity index (χ0) is 14.5. The van der Waals surface area contributed by atoms with Crippen molar-refractivity contribution in [3.63, 3.8) is 0 Å². The molecular weight excluding hydrogens is 454 g/mol. The van der Waals surface area contributed by atoms with Crippen LogP contribution in [0.1, 0.15) is 13.3 Å². The third kappa shape index (κ3) is 4.17. The average molecular weight is 466 g/mol. The highest BCUT2D eigenvalue weighted by atomic mass is 79.9. The lowest BCUT2D eigenvalue weighted by molar-refractivity contribution is 0.456. The van der Waals surface area contributed by atoms with E-state index < -0.39 is 0 Å². The van der Waals surface area contributed by atoms with Crippen LogP contribution in [0.4, 0.5) is 5.95 Å². The summed E-state index contributed by atoms with van der Waals surface area (Å²) in [4.78, 5) is 8.53. The maximum Gasteiger partial charge on any atom is 0.238 e. The molecule has 4 nitrogen and oxygen atoms in total. The Labute approximate surface area is 142 Å². The van der Waals surface area contributed by atoms with Gasteiger partial charge < -0.3 is 10.1 Å². The number of hydrogen-bond acceptors (Lipinski definition) is 4. The summed E-state index contributed by atoms with van der Waals surface area (Å²) in [6.45, 7) is 2.91. The Balaban J connectivity index is 2.23. The number of hydrogen-bond donors (Lipinski definition) is 1. The van der Waals surface area contributed by atoms with Crippen molar-refractivity contribution in [1.82, 2.24) is 9.97 Å². The molecule has 0 amide bonds. The summed E-state index contributed by atoms with van der Waals surface area (Å²) in [5.74, 6) is 1.72. The highest BCUT2D eigenvalue weighted by molar-refractivity contribution is 9.11. The Morgan fingerprint density at radius 3 is 2.70 bits per heavy atom. The van der Waals surface area contributed by atoms with Crippen LogP contribution in [0.3, 0.4) is 0 Å². The Kier molecular flexibility index (Phi) is 5.80. The quantitative estimate of drug-likeness (QED) is 0.644. The van der Waals surface area contributed by atoms with Gasteiger partial charge in [0.1, 0.15) is 5.75 Å². The normalized spacial score (nSPS) is 10.4. The Hall–Kier alpha value is -0.660. The fourth-order valence-corrected chi connectivity index (χ4v) is 2.81. The molecule has 0 saturated carbocycles. The molecule has 106 valence electrons. The van der Waals surface area contributed by atoms with Gasteiger partial charge in [0, 0.05) is 11.0 Å². The third-order valence-electron chi connectivity index (χ3n) is 2.35. The van der Waals surface area contributed by atoms with Gasteiger partial charge >= 0.3 is 0 Å². The van der Waals surface area contributed by atoms with E-state index in [0.717, 1.165) is 21.9 Å². The second-order valence-electron chi connectivity index (χ2n) is 3.95. The van der Waals surface area contributed by atoms with Crippen LogP contribution in [0.5, 0.6) is 11.6 Å². The standard InChI is InChI=1S/C13H12Br3N3O/c1-2-5-17-13-18-7-10(16)12(19-13)20-11-4-3-8(14)6-9(11)15/h3-4,6-7H,2,5H2,1H3,(H,17,18,19). The largest absolute Gasteiger partial charge is 0.437 e. The number of halogens is 3. The number of aromatic nitrogens is 2. The van der Waals surface area contributed by atoms with Gasteiger partial charge in [-0.3, -0.25) is 0 Å². The molecule has 0 aliphatic heterocycles. The van der Waals surface area contributed by atoms with Gasteiger partial charge in [-0.2, -0.15) is 4.98 Å². The first-order valence-electron chi connectivity index (χ1n) is 5.99. The topological polar surface area (TPSA) is 47.0 Å². The van der Waals surface area contributed by atoms with Gasteiger partial charge in [-0.05, 0) is 56.5 Å². The van der Waals surface area contributed by atoms with Crippen LogP contribution in [0.25, 0.3) is 0 Å². The van der Waals surface area contributed by atoms with E-state index in [1.54, 1.807) is 6.20 Å². The minimum Gasteiger partial charge on any atom is -0.437 e. The maximum atomic E-state index is 5.81. The molecule has 7 heteroatoms. The van der Waals surface area contributed by atoms with Gasteiger partial charge in [-0.25, -0.2) is 4.98 Å². The van der Waals surface area contributed by atoms with Crippen LogP contribution in [0, 0.1) is 0 Å². The first kappa shape index (κ1) is 15.7. The fourth-order valence-electron chi connectivity index (χ4n) is 1.41. The van der Waals surface area contributed by atoms with Crippen molar-refractivity contribution in [3.8, 4) is 11.6 Å². The molecular formula is C13H12Br3N3O. The lowest BCUT2D eigenvalue weighted by Crippen LogP contribution is -2.05. The van der Waals surface area contributed by atoms with Crippen molar-refractivity contribution in [1.29, 1.82) is 0 Å². The molecule has 0 unspecified atom stereocenters. The first-order valence-corrected chi connectivity index (χ1v) is 8.37. The van der Waals surface area contributed by atoms with Crippen LogP contribution in [0.2, 0.25) is 0 Å². The van der Waals surface area contributed by atoms with Crippen LogP contribution in [-0.2, 0) is 0 Å². The van der Waals surface area contributed by atoms with E-state index in [1.807, 2.05) is 18.2 Å². The van der Waals surface area contributed by atoms with E-state index in [-0.39, 0.29) is 0 Å². The molecule has 0 saturated heterocycles. The van der Waals surface area contributed by atoms with Crippen molar-refractivity contribution in [2.45, 2.75) is 13.3 Å². The predicted molar refractivity (Wildman–Crippen MR) is 90.4 cm³/mol. The summed E-state index contributed by atoms with van der Waals surface area (Å²) >= 11 is 10.3. The summed E-state index contributed by atoms with van der Waals surface area (Å²) in [5, 5.41) is 3.13. The van der Waals surface area contributed by atoms with Gasteiger partial charge in [-0.1, -0.05) is 22.9 Å². The number of benzene rings is 1. The molecule has 2 rings (SSSR count). The minimum atomic E-state index is 0.474. The van der Waals surface area contributed by atoms with Gasteiger partial charge in [-0.15, -0.1) is 0 Å². The maximum absolute atomic E-state index is 5.81. The van der Waals surface area contributed by atoms with Gasteiger partial charge in [0.05, 0.1) is 15.1 Å². The van der Waals surface area contributed by atoms with E-state index in [1.165, 1.54) is 0 Å². The highest BCUT2D eigenvalue weighted by Gasteiger charge is 2.10. The van der Waals surface area contributed by atoms with Crippen molar-refractivity contribution >= 4 is 53.7 Å². The molecule has 0 bridgehead atoms. The first-order chi connectivity index (χ1) is 9.60. The van der Waals surface area contributed by atoms with Crippen LogP contribution in [0.15, 0.2) is 37.8 Å². The number of nitrogens with zero attached hydrogens (tertiary/aromatic N) is 2. The van der Waals surface area contributed by atoms with Crippen molar-refractivity contribution in [2.24, 2.45) is 0 Å². The molecule has 1 N–H and O–H groups in total. The van der Waals surface area contributed by atoms with Gasteiger partial charge in [0.2, 0.25) is 11.8 Å². The monoisotopic (exact) mass is 463 g/mol. The minimum absolute atomic E-state index is 0.474. The van der Waals surface area contributed by atoms with Crippen molar-refractivity contribution in [2.75, 3.05) is 11.9 Å². The SMILES string of the molecule is CCCNc1ncc(Br)c(Oc2ccc(Br)cc2Br)n1. The van der Waals surface area contributed by atoms with Crippen LogP contribution >= 0.6 is 47.8 Å². The molecule has 0 radical (unpaired) electrons. The number of nitrogens with one attached hydrogen (secondary N) is 1. The van der Waals surface area contributed by atoms with E-state index >= 15 is 0 Å². The number of anilines is 1. The van der Waals surface area contributed by atoms with E-state index in [0.29, 0.717) is 22.1 Å². The average Bonchev–Trinajstić information content (AvgIpc) is 2.42. The van der Waals surface area contributed by atoms with Gasteiger partial charge in [0.15, 0.2) is 0 Å². The molecule has 0 atom stereocenters. The Morgan fingerprint density at radius 2 is 2.00 bits per heavy atom. The molecule has 20 heavy (non-hydrogen) atoms. The summed E-state index contributed by atoms with van der Waals surface area (Å²) in [6.07, 6.45) is 2.68. The van der Waals surface area contributed by atoms with Gasteiger partial charge in [0.25, 0.3) is 0 Å². The fraction of sp³-hybridized carbons (Fsp3) is 0.231. The molecule has 0 fully saturated rings. The second kappa shape index (κ2) is 7.38. The molecule has 1 aromatic carbocycles. The van der Waals surface area contributed by atoms with Crippen LogP contribution < -0.4 is 10.1 Å². The highest BCUT2D eigenvalue weighted by Crippen LogP contribution is 2.34. The summed E-state index contributed by atoms with van der Waals surface area (Å²) in [6, 6.07) is 5.69. The summed E-state index contributed by atoms with van der Waals surface area (Å²) < 4.78 is 8.34. The summed E-state index contributed by atoms with van der Waals surface area (Å²) in [7, 11) is 0. The molecule has 0 spiro atoms. The molecule has 0 aliphatic carbocycles. The van der Waals surface area contributed by atoms with Crippen LogP contribution in [-0.4, -0.2) is 16.5 Å². The number of ether oxygens (including phenoxy) is 1. The lowest BCUT2D eigenvalue weighted by atomic mass is 10.3. The predicted octanol–water partition coefficient (Wildman–Crippen LogP) is 5.38. The molecule has 0 aliphatic rings. The summed E-state index contributed by atoms with van der Waals surface area (Å²) in [5.41, 5.74) is 0. The Bertz CT molecular complexity index is 607. The smallest absolute Gasteiger partial charge is 0.238 e. The van der Waals surface area contributed by atoms with Crippen molar-refractivity contribution in [3.05, 3.63) is 37.8 Å². The van der Waals surface area contributed by atoms with E-state index in [9.17, 15) is 0 Å². The number of rotatable bonds is 5.